The van der Waals surface area contributed by atoms with Gasteiger partial charge in [-0.15, -0.1) is 0 Å². The number of carbonyl (C=O) groups excluding carboxylic acids is 4. The Bertz CT molecular complexity index is 1620. The number of ether oxygens (including phenoxy) is 4. The van der Waals surface area contributed by atoms with Gasteiger partial charge in [0.1, 0.15) is 0 Å². The highest BCUT2D eigenvalue weighted by Crippen LogP contribution is 2.46. The van der Waals surface area contributed by atoms with Gasteiger partial charge in [-0.2, -0.15) is 0 Å². The van der Waals surface area contributed by atoms with Crippen LogP contribution in [0.3, 0.4) is 0 Å². The summed E-state index contributed by atoms with van der Waals surface area (Å²) < 4.78 is 20.0. The number of hydrogen-bond acceptors (Lipinski definition) is 8. The number of nitrogens with one attached hydrogen (secondary N) is 4. The van der Waals surface area contributed by atoms with Gasteiger partial charge < -0.3 is 38.9 Å². The first-order valence-corrected chi connectivity index (χ1v) is 19.7. The molecule has 12 heteroatoms. The van der Waals surface area contributed by atoms with Gasteiger partial charge >= 0.3 is 23.9 Å². The molecule has 0 fully saturated rings. The summed E-state index contributed by atoms with van der Waals surface area (Å²) >= 11 is 0. The SMILES string of the molecule is COC(=O)CCCC1(C)c2ccc([nH]2)C(C)(CCCC(=O)OC)c2ccc([nH]2)C(C)(CCCC(=O)OC)c2ccc([nH]2)C(C)(CCCC(=O)OC)c2ccc1[nH]2. The van der Waals surface area contributed by atoms with E-state index < -0.39 is 21.7 Å². The van der Waals surface area contributed by atoms with E-state index >= 15 is 0 Å². The van der Waals surface area contributed by atoms with Crippen LogP contribution in [-0.4, -0.2) is 72.3 Å². The third-order valence-corrected chi connectivity index (χ3v) is 12.6. The zero-order valence-corrected chi connectivity index (χ0v) is 34.4. The Hall–Kier alpha value is -5.00. The van der Waals surface area contributed by atoms with Gasteiger partial charge in [0.15, 0.2) is 0 Å². The van der Waals surface area contributed by atoms with Gasteiger partial charge in [-0.25, -0.2) is 0 Å². The summed E-state index contributed by atoms with van der Waals surface area (Å²) in [5, 5.41) is 0. The molecule has 8 bridgehead atoms. The van der Waals surface area contributed by atoms with E-state index in [1.165, 1.54) is 28.4 Å². The molecule has 56 heavy (non-hydrogen) atoms. The van der Waals surface area contributed by atoms with Crippen LogP contribution in [0.5, 0.6) is 0 Å². The minimum Gasteiger partial charge on any atom is -0.469 e. The van der Waals surface area contributed by atoms with Crippen LogP contribution in [0.1, 0.15) is 150 Å². The van der Waals surface area contributed by atoms with Crippen molar-refractivity contribution in [3.05, 3.63) is 94.1 Å². The van der Waals surface area contributed by atoms with Crippen LogP contribution >= 0.6 is 0 Å². The molecule has 1 aliphatic rings. The van der Waals surface area contributed by atoms with Crippen molar-refractivity contribution >= 4 is 23.9 Å². The lowest BCUT2D eigenvalue weighted by Crippen LogP contribution is -2.30. The fourth-order valence-corrected chi connectivity index (χ4v) is 8.57. The van der Waals surface area contributed by atoms with Gasteiger partial charge in [0, 0.05) is 92.9 Å². The number of rotatable bonds is 16. The standard InChI is InChI=1S/C44H60N4O8/c1-41(25-9-13-37(49)53-5)29-17-19-31(45-29)42(2,26-10-14-38(50)54-6)33-21-23-35(47-33)44(4,28-12-16-40(52)56-8)36-24-22-34(48-36)43(3,27-11-15-39(51)55-7)32-20-18-30(41)46-32/h17-24,45-48H,9-16,25-28H2,1-8H3. The van der Waals surface area contributed by atoms with E-state index in [0.29, 0.717) is 77.0 Å². The highest BCUT2D eigenvalue weighted by atomic mass is 16.5. The van der Waals surface area contributed by atoms with Crippen LogP contribution in [0.2, 0.25) is 0 Å². The number of carbonyl (C=O) groups is 4. The molecule has 4 N–H and O–H groups in total. The summed E-state index contributed by atoms with van der Waals surface area (Å²) in [6.07, 6.45) is 6.20. The molecule has 4 aromatic rings. The summed E-state index contributed by atoms with van der Waals surface area (Å²) in [4.78, 5) is 64.6. The van der Waals surface area contributed by atoms with Gasteiger partial charge in [0.2, 0.25) is 0 Å². The van der Waals surface area contributed by atoms with Crippen molar-refractivity contribution in [3.8, 4) is 0 Å². The van der Waals surface area contributed by atoms with E-state index in [9.17, 15) is 19.2 Å². The Kier molecular flexibility index (Phi) is 13.1. The molecular weight excluding hydrogens is 713 g/mol. The Labute approximate surface area is 330 Å². The van der Waals surface area contributed by atoms with Gasteiger partial charge in [-0.05, 0) is 128 Å². The summed E-state index contributed by atoms with van der Waals surface area (Å²) in [5.74, 6) is -1.00. The Morgan fingerprint density at radius 3 is 0.679 bits per heavy atom. The molecule has 0 unspecified atom stereocenters. The topological polar surface area (TPSA) is 168 Å². The lowest BCUT2D eigenvalue weighted by molar-refractivity contribution is -0.141. The van der Waals surface area contributed by atoms with Crippen molar-refractivity contribution in [2.45, 2.75) is 126 Å². The molecule has 0 aliphatic carbocycles. The second kappa shape index (κ2) is 17.4. The second-order valence-corrected chi connectivity index (χ2v) is 16.2. The largest absolute Gasteiger partial charge is 0.469 e. The predicted octanol–water partition coefficient (Wildman–Crippen LogP) is 7.91. The number of aromatic amines is 4. The van der Waals surface area contributed by atoms with Crippen LogP contribution in [0, 0.1) is 0 Å². The molecule has 304 valence electrons. The summed E-state index contributed by atoms with van der Waals surface area (Å²) in [7, 11) is 5.65. The molecule has 0 radical (unpaired) electrons. The Morgan fingerprint density at radius 1 is 0.375 bits per heavy atom. The first kappa shape index (κ1) is 42.1. The molecule has 5 rings (SSSR count). The van der Waals surface area contributed by atoms with Crippen LogP contribution < -0.4 is 0 Å². The van der Waals surface area contributed by atoms with Crippen molar-refractivity contribution < 1.29 is 38.1 Å². The van der Waals surface area contributed by atoms with Crippen molar-refractivity contribution in [2.75, 3.05) is 28.4 Å². The molecule has 12 nitrogen and oxygen atoms in total. The van der Waals surface area contributed by atoms with Crippen LogP contribution in [-0.2, 0) is 59.8 Å². The first-order valence-electron chi connectivity index (χ1n) is 19.7. The molecule has 5 heterocycles. The molecule has 0 atom stereocenters. The van der Waals surface area contributed by atoms with Gasteiger partial charge in [-0.3, -0.25) is 19.2 Å². The molecule has 0 amide bonds. The molecule has 4 aromatic heterocycles. The smallest absolute Gasteiger partial charge is 0.305 e. The fraction of sp³-hybridized carbons (Fsp3) is 0.545. The van der Waals surface area contributed by atoms with E-state index in [1.807, 2.05) is 0 Å². The van der Waals surface area contributed by atoms with Gasteiger partial charge in [0.25, 0.3) is 0 Å². The van der Waals surface area contributed by atoms with Crippen LogP contribution in [0.15, 0.2) is 48.5 Å². The first-order chi connectivity index (χ1) is 26.7. The van der Waals surface area contributed by atoms with E-state index in [-0.39, 0.29) is 23.9 Å². The highest BCUT2D eigenvalue weighted by Gasteiger charge is 2.41. The quantitative estimate of drug-likeness (QED) is 0.0658. The molecule has 0 saturated heterocycles. The minimum atomic E-state index is -0.554. The summed E-state index contributed by atoms with van der Waals surface area (Å²) in [6.45, 7) is 8.78. The molecule has 0 aromatic carbocycles. The van der Waals surface area contributed by atoms with Gasteiger partial charge in [-0.1, -0.05) is 0 Å². The Morgan fingerprint density at radius 2 is 0.536 bits per heavy atom. The predicted molar refractivity (Wildman–Crippen MR) is 212 cm³/mol. The van der Waals surface area contributed by atoms with E-state index in [1.54, 1.807) is 0 Å². The lowest BCUT2D eigenvalue weighted by atomic mass is 9.78. The molecule has 1 aliphatic heterocycles. The maximum absolute atomic E-state index is 12.3. The van der Waals surface area contributed by atoms with Crippen molar-refractivity contribution in [2.24, 2.45) is 0 Å². The number of methoxy groups -OCH3 is 4. The minimum absolute atomic E-state index is 0.250. The molecule has 0 saturated carbocycles. The number of esters is 4. The molecule has 0 spiro atoms. The number of H-pyrrole nitrogens is 4. The third kappa shape index (κ3) is 8.54. The summed E-state index contributed by atoms with van der Waals surface area (Å²) in [5.41, 5.74) is 5.72. The Balaban J connectivity index is 1.72. The van der Waals surface area contributed by atoms with Crippen molar-refractivity contribution in [1.82, 2.24) is 19.9 Å². The average molecular weight is 773 g/mol. The van der Waals surface area contributed by atoms with Crippen molar-refractivity contribution in [1.29, 1.82) is 0 Å². The zero-order chi connectivity index (χ0) is 40.7. The van der Waals surface area contributed by atoms with Gasteiger partial charge in [0.05, 0.1) is 28.4 Å². The van der Waals surface area contributed by atoms with E-state index in [4.69, 9.17) is 18.9 Å². The molecular formula is C44H60N4O8. The third-order valence-electron chi connectivity index (χ3n) is 12.6. The zero-order valence-electron chi connectivity index (χ0n) is 34.4. The number of hydrogen-bond donors (Lipinski definition) is 4. The maximum atomic E-state index is 12.3. The van der Waals surface area contributed by atoms with Crippen LogP contribution in [0.25, 0.3) is 0 Å². The highest BCUT2D eigenvalue weighted by molar-refractivity contribution is 5.70. The monoisotopic (exact) mass is 772 g/mol. The number of aromatic nitrogens is 4. The number of fused-ring (bicyclic) bond motifs is 8. The second-order valence-electron chi connectivity index (χ2n) is 16.2. The normalized spacial score (nSPS) is 23.0. The lowest BCUT2D eigenvalue weighted by Gasteiger charge is -2.33. The van der Waals surface area contributed by atoms with Crippen molar-refractivity contribution in [3.63, 3.8) is 0 Å². The van der Waals surface area contributed by atoms with E-state index in [2.05, 4.69) is 96.2 Å². The fourth-order valence-electron chi connectivity index (χ4n) is 8.57. The average Bonchev–Trinajstić information content (AvgIpc) is 4.04. The summed E-state index contributed by atoms with van der Waals surface area (Å²) in [6, 6.07) is 17.1. The van der Waals surface area contributed by atoms with E-state index in [0.717, 1.165) is 45.6 Å². The maximum Gasteiger partial charge on any atom is 0.305 e. The van der Waals surface area contributed by atoms with Crippen LogP contribution in [0.4, 0.5) is 0 Å².